The summed E-state index contributed by atoms with van der Waals surface area (Å²) >= 11 is 0. The number of methoxy groups -OCH3 is 2. The van der Waals surface area contributed by atoms with Gasteiger partial charge in [0.2, 0.25) is 0 Å². The molecule has 14 heteroatoms. The lowest BCUT2D eigenvalue weighted by Crippen LogP contribution is -2.64. The van der Waals surface area contributed by atoms with Crippen molar-refractivity contribution in [3.05, 3.63) is 12.2 Å². The predicted octanol–water partition coefficient (Wildman–Crippen LogP) is -1.35. The van der Waals surface area contributed by atoms with Gasteiger partial charge in [-0.15, -0.1) is 0 Å². The van der Waals surface area contributed by atoms with Gasteiger partial charge >= 0.3 is 11.9 Å². The first-order chi connectivity index (χ1) is 17.5. The van der Waals surface area contributed by atoms with Crippen molar-refractivity contribution in [2.75, 3.05) is 40.6 Å². The molecule has 14 nitrogen and oxygen atoms in total. The molecular formula is C23H36O14. The minimum absolute atomic E-state index is 0.0593. The van der Waals surface area contributed by atoms with E-state index in [1.54, 1.807) is 6.92 Å². The van der Waals surface area contributed by atoms with Gasteiger partial charge in [-0.3, -0.25) is 0 Å². The Labute approximate surface area is 214 Å². The molecule has 0 spiro atoms. The van der Waals surface area contributed by atoms with Gasteiger partial charge in [-0.25, -0.2) is 9.59 Å². The molecule has 0 radical (unpaired) electrons. The van der Waals surface area contributed by atoms with Gasteiger partial charge in [-0.1, -0.05) is 13.5 Å². The number of aliphatic carboxylic acids is 1. The Morgan fingerprint density at radius 2 is 1.57 bits per heavy atom. The van der Waals surface area contributed by atoms with E-state index in [1.165, 1.54) is 21.1 Å². The number of aldehydes is 1. The lowest BCUT2D eigenvalue weighted by atomic mass is 9.90. The van der Waals surface area contributed by atoms with Crippen LogP contribution in [0.3, 0.4) is 0 Å². The van der Waals surface area contributed by atoms with E-state index >= 15 is 0 Å². The van der Waals surface area contributed by atoms with Crippen molar-refractivity contribution in [3.8, 4) is 0 Å². The van der Waals surface area contributed by atoms with Gasteiger partial charge in [0.05, 0.1) is 19.3 Å². The number of aliphatic hydroxyl groups excluding tert-OH is 2. The molecule has 0 bridgehead atoms. The molecule has 2 aliphatic rings. The summed E-state index contributed by atoms with van der Waals surface area (Å²) in [6, 6.07) is 0. The van der Waals surface area contributed by atoms with Crippen LogP contribution in [0.5, 0.6) is 0 Å². The molecule has 37 heavy (non-hydrogen) atoms. The molecule has 0 aromatic carbocycles. The molecule has 2 heterocycles. The Bertz CT molecular complexity index is 775. The Morgan fingerprint density at radius 1 is 0.946 bits per heavy atom. The predicted molar refractivity (Wildman–Crippen MR) is 121 cm³/mol. The van der Waals surface area contributed by atoms with Gasteiger partial charge in [0.1, 0.15) is 50.0 Å². The maximum atomic E-state index is 12.3. The van der Waals surface area contributed by atoms with Gasteiger partial charge in [0.15, 0.2) is 18.7 Å². The summed E-state index contributed by atoms with van der Waals surface area (Å²) in [7, 11) is 2.65. The molecule has 3 N–H and O–H groups in total. The smallest absolute Gasteiger partial charge is 0.333 e. The fraction of sp³-hybridized carbons (Fsp3) is 0.783. The first-order valence-corrected chi connectivity index (χ1v) is 11.6. The van der Waals surface area contributed by atoms with Crippen LogP contribution in [-0.2, 0) is 52.3 Å². The standard InChI is InChI=1S/C23H36O14/c1-11(2)21(29)36-20-17(28)19(30-4)14(8-32-7-6-24)35-23(20)37-18-12(3)16(27)22(31-5)34-13(18)9-33-10-15(25)26/h6,12-14,16-20,22-23,27-28H,1,7-10H2,2-5H3,(H,25,26). The Balaban J connectivity index is 2.34. The highest BCUT2D eigenvalue weighted by molar-refractivity contribution is 5.87. The highest BCUT2D eigenvalue weighted by Gasteiger charge is 2.52. The minimum atomic E-state index is -1.45. The maximum Gasteiger partial charge on any atom is 0.333 e. The van der Waals surface area contributed by atoms with E-state index in [9.17, 15) is 24.6 Å². The zero-order valence-corrected chi connectivity index (χ0v) is 21.2. The van der Waals surface area contributed by atoms with E-state index in [4.69, 9.17) is 43.0 Å². The van der Waals surface area contributed by atoms with Gasteiger partial charge < -0.3 is 58.0 Å². The third-order valence-electron chi connectivity index (χ3n) is 5.99. The van der Waals surface area contributed by atoms with Crippen LogP contribution in [0.1, 0.15) is 13.8 Å². The molecule has 0 aliphatic carbocycles. The second kappa shape index (κ2) is 14.8. The van der Waals surface area contributed by atoms with Gasteiger partial charge in [0, 0.05) is 25.7 Å². The quantitative estimate of drug-likeness (QED) is 0.102. The zero-order chi connectivity index (χ0) is 27.7. The number of ether oxygens (including phenoxy) is 8. The summed E-state index contributed by atoms with van der Waals surface area (Å²) in [4.78, 5) is 33.9. The number of esters is 1. The zero-order valence-electron chi connectivity index (χ0n) is 21.2. The number of carbonyl (C=O) groups is 3. The number of carboxylic acids is 1. The SMILES string of the molecule is C=C(C)C(=O)OC1C(OC2C(COCC(=O)O)OC(OC)C(O)C2C)OC(COCC=O)C(OC)C1O. The van der Waals surface area contributed by atoms with Crippen molar-refractivity contribution in [2.45, 2.75) is 69.2 Å². The van der Waals surface area contributed by atoms with Crippen LogP contribution in [0.4, 0.5) is 0 Å². The van der Waals surface area contributed by atoms with Crippen LogP contribution < -0.4 is 0 Å². The number of carboxylic acid groups (broad SMARTS) is 1. The summed E-state index contributed by atoms with van der Waals surface area (Å²) in [5, 5.41) is 30.6. The molecular weight excluding hydrogens is 500 g/mol. The molecule has 2 saturated heterocycles. The number of hydrogen-bond donors (Lipinski definition) is 3. The van der Waals surface area contributed by atoms with Gasteiger partial charge in [0.25, 0.3) is 0 Å². The molecule has 0 saturated carbocycles. The number of aliphatic hydroxyl groups is 2. The summed E-state index contributed by atoms with van der Waals surface area (Å²) in [6.07, 6.45) is -9.83. The second-order valence-corrected chi connectivity index (χ2v) is 8.73. The first kappa shape index (κ1) is 31.2. The lowest BCUT2D eigenvalue weighted by molar-refractivity contribution is -0.353. The largest absolute Gasteiger partial charge is 0.480 e. The van der Waals surface area contributed by atoms with E-state index in [0.717, 1.165) is 0 Å². The first-order valence-electron chi connectivity index (χ1n) is 11.6. The maximum absolute atomic E-state index is 12.3. The third-order valence-corrected chi connectivity index (χ3v) is 5.99. The van der Waals surface area contributed by atoms with E-state index in [1.807, 2.05) is 0 Å². The molecule has 2 fully saturated rings. The van der Waals surface area contributed by atoms with Crippen LogP contribution in [0.25, 0.3) is 0 Å². The highest BCUT2D eigenvalue weighted by atomic mass is 16.7. The summed E-state index contributed by atoms with van der Waals surface area (Å²) in [5.41, 5.74) is 0.0593. The average Bonchev–Trinajstić information content (AvgIpc) is 2.85. The Hall–Kier alpha value is -2.01. The monoisotopic (exact) mass is 536 g/mol. The third kappa shape index (κ3) is 8.24. The van der Waals surface area contributed by atoms with Crippen LogP contribution in [0, 0.1) is 5.92 Å². The van der Waals surface area contributed by atoms with E-state index < -0.39 is 79.8 Å². The van der Waals surface area contributed by atoms with Crippen molar-refractivity contribution in [3.63, 3.8) is 0 Å². The van der Waals surface area contributed by atoms with E-state index in [0.29, 0.717) is 6.29 Å². The average molecular weight is 537 g/mol. The number of rotatable bonds is 14. The molecule has 2 rings (SSSR count). The second-order valence-electron chi connectivity index (χ2n) is 8.73. The molecule has 10 atom stereocenters. The molecule has 10 unspecified atom stereocenters. The van der Waals surface area contributed by atoms with Gasteiger partial charge in [-0.05, 0) is 6.92 Å². The Morgan fingerprint density at radius 3 is 2.14 bits per heavy atom. The van der Waals surface area contributed by atoms with Crippen molar-refractivity contribution < 1.29 is 67.6 Å². The number of hydrogen-bond acceptors (Lipinski definition) is 13. The Kier molecular flexibility index (Phi) is 12.5. The molecule has 212 valence electrons. The molecule has 0 amide bonds. The summed E-state index contributed by atoms with van der Waals surface area (Å²) < 4.78 is 44.2. The van der Waals surface area contributed by atoms with Crippen LogP contribution in [0.15, 0.2) is 12.2 Å². The number of carbonyl (C=O) groups excluding carboxylic acids is 2. The normalized spacial score (nSPS) is 36.1. The highest BCUT2D eigenvalue weighted by Crippen LogP contribution is 2.34. The van der Waals surface area contributed by atoms with Gasteiger partial charge in [-0.2, -0.15) is 0 Å². The summed E-state index contributed by atoms with van der Waals surface area (Å²) in [5.74, 6) is -2.68. The van der Waals surface area contributed by atoms with Crippen LogP contribution in [0.2, 0.25) is 0 Å². The van der Waals surface area contributed by atoms with Crippen molar-refractivity contribution >= 4 is 18.2 Å². The molecule has 0 aromatic heterocycles. The molecule has 0 aromatic rings. The lowest BCUT2D eigenvalue weighted by Gasteiger charge is -2.47. The fourth-order valence-electron chi connectivity index (χ4n) is 4.08. The topological polar surface area (TPSA) is 186 Å². The van der Waals surface area contributed by atoms with E-state index in [2.05, 4.69) is 6.58 Å². The van der Waals surface area contributed by atoms with Crippen molar-refractivity contribution in [1.82, 2.24) is 0 Å². The van der Waals surface area contributed by atoms with Crippen molar-refractivity contribution in [2.24, 2.45) is 5.92 Å². The van der Waals surface area contributed by atoms with Crippen molar-refractivity contribution in [1.29, 1.82) is 0 Å². The van der Waals surface area contributed by atoms with E-state index in [-0.39, 0.29) is 25.4 Å². The van der Waals surface area contributed by atoms with Crippen LogP contribution >= 0.6 is 0 Å². The molecule has 2 aliphatic heterocycles. The fourth-order valence-corrected chi connectivity index (χ4v) is 4.08. The minimum Gasteiger partial charge on any atom is -0.480 e. The van der Waals surface area contributed by atoms with Crippen LogP contribution in [-0.4, -0.2) is 129 Å². The summed E-state index contributed by atoms with van der Waals surface area (Å²) in [6.45, 7) is 5.36.